The van der Waals surface area contributed by atoms with Crippen molar-refractivity contribution < 1.29 is 0 Å². The molecule has 5 rings (SSSR count). The molecule has 8 heteroatoms. The van der Waals surface area contributed by atoms with Crippen LogP contribution in [0.25, 0.3) is 11.0 Å². The number of rotatable bonds is 3. The first kappa shape index (κ1) is 15.5. The van der Waals surface area contributed by atoms with E-state index in [1.165, 1.54) is 6.42 Å². The van der Waals surface area contributed by atoms with Gasteiger partial charge in [-0.05, 0) is 31.2 Å². The average Bonchev–Trinajstić information content (AvgIpc) is 2.98. The highest BCUT2D eigenvalue weighted by Gasteiger charge is 2.30. The van der Waals surface area contributed by atoms with Gasteiger partial charge in [0.2, 0.25) is 0 Å². The minimum absolute atomic E-state index is 0.0285. The molecule has 134 valence electrons. The van der Waals surface area contributed by atoms with Crippen LogP contribution in [-0.4, -0.2) is 42.6 Å². The molecule has 26 heavy (non-hydrogen) atoms. The monoisotopic (exact) mass is 351 g/mol. The van der Waals surface area contributed by atoms with Crippen LogP contribution in [-0.2, 0) is 26.4 Å². The Hall–Kier alpha value is -2.77. The van der Waals surface area contributed by atoms with E-state index in [0.717, 1.165) is 54.8 Å². The first-order valence-corrected chi connectivity index (χ1v) is 9.16. The zero-order valence-electron chi connectivity index (χ0n) is 14.8. The molecule has 0 atom stereocenters. The maximum Gasteiger partial charge on any atom is 0.267 e. The molecule has 1 aliphatic heterocycles. The molecule has 8 nitrogen and oxygen atoms in total. The quantitative estimate of drug-likeness (QED) is 0.698. The summed E-state index contributed by atoms with van der Waals surface area (Å²) in [6.45, 7) is 2.41. The van der Waals surface area contributed by atoms with Crippen LogP contribution in [0, 0.1) is 5.92 Å². The maximum atomic E-state index is 12.4. The van der Waals surface area contributed by atoms with Crippen molar-refractivity contribution in [1.29, 1.82) is 0 Å². The lowest BCUT2D eigenvalue weighted by Crippen LogP contribution is -2.50. The molecular formula is C18H21N7O. The summed E-state index contributed by atoms with van der Waals surface area (Å²) >= 11 is 0. The summed E-state index contributed by atoms with van der Waals surface area (Å²) in [7, 11) is 1.89. The smallest absolute Gasteiger partial charge is 0.267 e. The fourth-order valence-electron chi connectivity index (χ4n) is 4.02. The molecule has 0 saturated carbocycles. The molecular weight excluding hydrogens is 330 g/mol. The van der Waals surface area contributed by atoms with Crippen LogP contribution >= 0.6 is 0 Å². The zero-order chi connectivity index (χ0) is 17.7. The van der Waals surface area contributed by atoms with E-state index in [2.05, 4.69) is 25.1 Å². The van der Waals surface area contributed by atoms with E-state index < -0.39 is 0 Å². The number of anilines is 1. The summed E-state index contributed by atoms with van der Waals surface area (Å²) < 4.78 is 3.42. The second kappa shape index (κ2) is 5.89. The first-order valence-electron chi connectivity index (χ1n) is 9.16. The van der Waals surface area contributed by atoms with E-state index in [-0.39, 0.29) is 5.56 Å². The second-order valence-electron chi connectivity index (χ2n) is 7.35. The van der Waals surface area contributed by atoms with E-state index in [0.29, 0.717) is 18.1 Å². The molecule has 0 N–H and O–H groups in total. The average molecular weight is 351 g/mol. The third-order valence-electron chi connectivity index (χ3n) is 5.37. The van der Waals surface area contributed by atoms with Crippen LogP contribution < -0.4 is 10.5 Å². The highest BCUT2D eigenvalue weighted by atomic mass is 16.1. The summed E-state index contributed by atoms with van der Waals surface area (Å²) in [5.74, 6) is 1.33. The number of fused-ring (bicyclic) bond motifs is 2. The molecule has 1 saturated heterocycles. The Morgan fingerprint density at radius 2 is 2.00 bits per heavy atom. The Kier molecular flexibility index (Phi) is 3.51. The van der Waals surface area contributed by atoms with Crippen LogP contribution in [0.1, 0.15) is 24.1 Å². The van der Waals surface area contributed by atoms with Gasteiger partial charge in [-0.15, -0.1) is 0 Å². The van der Waals surface area contributed by atoms with Crippen molar-refractivity contribution in [2.24, 2.45) is 13.0 Å². The van der Waals surface area contributed by atoms with E-state index in [1.54, 1.807) is 21.8 Å². The van der Waals surface area contributed by atoms with Gasteiger partial charge in [0.1, 0.15) is 12.1 Å². The third-order valence-corrected chi connectivity index (χ3v) is 5.37. The predicted molar refractivity (Wildman–Crippen MR) is 97.1 cm³/mol. The molecule has 0 unspecified atom stereocenters. The van der Waals surface area contributed by atoms with Crippen LogP contribution in [0.2, 0.25) is 0 Å². The van der Waals surface area contributed by atoms with Gasteiger partial charge in [-0.2, -0.15) is 10.2 Å². The van der Waals surface area contributed by atoms with E-state index >= 15 is 0 Å². The van der Waals surface area contributed by atoms with E-state index in [1.807, 2.05) is 13.2 Å². The SMILES string of the molecule is Cn1cc2c(N3CC(Cn4nc5c(cc4=O)CCCC5)C3)ncnc2n1. The van der Waals surface area contributed by atoms with Gasteiger partial charge in [0.15, 0.2) is 5.65 Å². The van der Waals surface area contributed by atoms with Gasteiger partial charge in [-0.25, -0.2) is 14.6 Å². The molecule has 0 radical (unpaired) electrons. The van der Waals surface area contributed by atoms with Gasteiger partial charge in [-0.3, -0.25) is 9.48 Å². The summed E-state index contributed by atoms with van der Waals surface area (Å²) in [6, 6.07) is 1.79. The minimum Gasteiger partial charge on any atom is -0.355 e. The Balaban J connectivity index is 1.32. The number of aryl methyl sites for hydroxylation is 3. The number of aromatic nitrogens is 6. The van der Waals surface area contributed by atoms with Gasteiger partial charge < -0.3 is 4.90 Å². The normalized spacial score (nSPS) is 17.3. The highest BCUT2D eigenvalue weighted by Crippen LogP contribution is 2.29. The lowest BCUT2D eigenvalue weighted by molar-refractivity contribution is 0.330. The number of hydrogen-bond donors (Lipinski definition) is 0. The lowest BCUT2D eigenvalue weighted by Gasteiger charge is -2.40. The van der Waals surface area contributed by atoms with Gasteiger partial charge in [-0.1, -0.05) is 0 Å². The molecule has 3 aromatic heterocycles. The summed E-state index contributed by atoms with van der Waals surface area (Å²) in [5.41, 5.74) is 3.00. The molecule has 4 heterocycles. The number of nitrogens with zero attached hydrogens (tertiary/aromatic N) is 7. The molecule has 0 amide bonds. The molecule has 3 aromatic rings. The Morgan fingerprint density at radius 1 is 1.15 bits per heavy atom. The Labute approximate surface area is 150 Å². The predicted octanol–water partition coefficient (Wildman–Crippen LogP) is 0.935. The molecule has 2 aliphatic rings. The first-order chi connectivity index (χ1) is 12.7. The van der Waals surface area contributed by atoms with Crippen LogP contribution in [0.5, 0.6) is 0 Å². The second-order valence-corrected chi connectivity index (χ2v) is 7.35. The van der Waals surface area contributed by atoms with Crippen molar-refractivity contribution in [3.8, 4) is 0 Å². The van der Waals surface area contributed by atoms with Gasteiger partial charge >= 0.3 is 0 Å². The van der Waals surface area contributed by atoms with Crippen molar-refractivity contribution in [2.75, 3.05) is 18.0 Å². The molecule has 1 aliphatic carbocycles. The van der Waals surface area contributed by atoms with E-state index in [9.17, 15) is 4.79 Å². The molecule has 0 bridgehead atoms. The van der Waals surface area contributed by atoms with Crippen molar-refractivity contribution in [2.45, 2.75) is 32.2 Å². The summed E-state index contributed by atoms with van der Waals surface area (Å²) in [6.07, 6.45) is 7.83. The zero-order valence-corrected chi connectivity index (χ0v) is 14.8. The van der Waals surface area contributed by atoms with Crippen LogP contribution in [0.3, 0.4) is 0 Å². The number of hydrogen-bond acceptors (Lipinski definition) is 6. The van der Waals surface area contributed by atoms with Gasteiger partial charge in [0.05, 0.1) is 17.6 Å². The van der Waals surface area contributed by atoms with Crippen molar-refractivity contribution in [3.63, 3.8) is 0 Å². The molecule has 0 spiro atoms. The lowest BCUT2D eigenvalue weighted by atomic mass is 9.96. The summed E-state index contributed by atoms with van der Waals surface area (Å²) in [5, 5.41) is 9.94. The minimum atomic E-state index is 0.0285. The largest absolute Gasteiger partial charge is 0.355 e. The Morgan fingerprint density at radius 3 is 2.88 bits per heavy atom. The molecule has 0 aromatic carbocycles. The maximum absolute atomic E-state index is 12.4. The van der Waals surface area contributed by atoms with Crippen LogP contribution in [0.4, 0.5) is 5.82 Å². The fourth-order valence-corrected chi connectivity index (χ4v) is 4.02. The fraction of sp³-hybridized carbons (Fsp3) is 0.500. The van der Waals surface area contributed by atoms with Crippen molar-refractivity contribution in [3.05, 3.63) is 40.2 Å². The van der Waals surface area contributed by atoms with Crippen LogP contribution in [0.15, 0.2) is 23.4 Å². The third kappa shape index (κ3) is 2.56. The standard InChI is InChI=1S/C18H21N7O/c1-23-10-14-17(22-23)19-11-20-18(14)24-7-12(8-24)9-25-16(26)6-13-4-2-3-5-15(13)21-25/h6,10-12H,2-5,7-9H2,1H3. The van der Waals surface area contributed by atoms with E-state index in [4.69, 9.17) is 0 Å². The van der Waals surface area contributed by atoms with Crippen molar-refractivity contribution in [1.82, 2.24) is 29.5 Å². The van der Waals surface area contributed by atoms with Gasteiger partial charge in [0, 0.05) is 38.3 Å². The van der Waals surface area contributed by atoms with Gasteiger partial charge in [0.25, 0.3) is 5.56 Å². The topological polar surface area (TPSA) is 81.7 Å². The van der Waals surface area contributed by atoms with Crippen molar-refractivity contribution >= 4 is 16.9 Å². The Bertz CT molecular complexity index is 1030. The highest BCUT2D eigenvalue weighted by molar-refractivity contribution is 5.86. The summed E-state index contributed by atoms with van der Waals surface area (Å²) in [4.78, 5) is 23.2. The molecule has 1 fully saturated rings.